The predicted molar refractivity (Wildman–Crippen MR) is 80.0 cm³/mol. The fraction of sp³-hybridized carbons (Fsp3) is 0.125. The van der Waals surface area contributed by atoms with Gasteiger partial charge in [-0.3, -0.25) is 4.57 Å². The average Bonchev–Trinajstić information content (AvgIpc) is 2.85. The fourth-order valence-electron chi connectivity index (χ4n) is 2.44. The molecule has 1 heterocycles. The van der Waals surface area contributed by atoms with Crippen molar-refractivity contribution in [2.75, 3.05) is 0 Å². The number of benzene rings is 2. The number of para-hydroxylation sites is 1. The standard InChI is InChI=1S/C16H11ClFN3/c1-10-3-2-4-12(18)16(10)21-14-7-11(9-19)5-6-13(14)20-15(21)8-17/h2-7H,8H2,1H3. The van der Waals surface area contributed by atoms with Crippen molar-refractivity contribution in [1.82, 2.24) is 9.55 Å². The van der Waals surface area contributed by atoms with Crippen molar-refractivity contribution in [3.63, 3.8) is 0 Å². The van der Waals surface area contributed by atoms with E-state index in [2.05, 4.69) is 11.1 Å². The molecule has 0 amide bonds. The molecular formula is C16H11ClFN3. The Kier molecular flexibility index (Phi) is 3.36. The summed E-state index contributed by atoms with van der Waals surface area (Å²) < 4.78 is 16.0. The predicted octanol–water partition coefficient (Wildman–Crippen LogP) is 4.08. The van der Waals surface area contributed by atoms with Gasteiger partial charge in [0, 0.05) is 0 Å². The van der Waals surface area contributed by atoms with E-state index < -0.39 is 0 Å². The Hall–Kier alpha value is -2.38. The molecule has 0 spiro atoms. The van der Waals surface area contributed by atoms with E-state index in [0.29, 0.717) is 28.1 Å². The Balaban J connectivity index is 2.43. The lowest BCUT2D eigenvalue weighted by Crippen LogP contribution is -2.04. The number of aromatic nitrogens is 2. The van der Waals surface area contributed by atoms with Crippen LogP contribution < -0.4 is 0 Å². The topological polar surface area (TPSA) is 41.6 Å². The van der Waals surface area contributed by atoms with Crippen molar-refractivity contribution in [3.05, 3.63) is 59.2 Å². The van der Waals surface area contributed by atoms with Crippen molar-refractivity contribution in [2.45, 2.75) is 12.8 Å². The summed E-state index contributed by atoms with van der Waals surface area (Å²) in [6.07, 6.45) is 0. The van der Waals surface area contributed by atoms with E-state index in [1.165, 1.54) is 6.07 Å². The average molecular weight is 300 g/mol. The first-order valence-electron chi connectivity index (χ1n) is 6.38. The molecule has 0 N–H and O–H groups in total. The van der Waals surface area contributed by atoms with Crippen LogP contribution in [0.15, 0.2) is 36.4 Å². The summed E-state index contributed by atoms with van der Waals surface area (Å²) >= 11 is 5.96. The number of nitrogens with zero attached hydrogens (tertiary/aromatic N) is 3. The van der Waals surface area contributed by atoms with Crippen LogP contribution in [0, 0.1) is 24.1 Å². The summed E-state index contributed by atoms with van der Waals surface area (Å²) in [4.78, 5) is 4.42. The van der Waals surface area contributed by atoms with Gasteiger partial charge in [0.2, 0.25) is 0 Å². The molecule has 21 heavy (non-hydrogen) atoms. The molecule has 0 aliphatic heterocycles. The van der Waals surface area contributed by atoms with Gasteiger partial charge in [0.25, 0.3) is 0 Å². The minimum absolute atomic E-state index is 0.157. The molecule has 104 valence electrons. The maximum absolute atomic E-state index is 14.3. The van der Waals surface area contributed by atoms with E-state index >= 15 is 0 Å². The van der Waals surface area contributed by atoms with E-state index in [4.69, 9.17) is 16.9 Å². The first kappa shape index (κ1) is 13.6. The van der Waals surface area contributed by atoms with Crippen molar-refractivity contribution < 1.29 is 4.39 Å². The second-order valence-electron chi connectivity index (χ2n) is 4.72. The molecule has 0 radical (unpaired) electrons. The summed E-state index contributed by atoms with van der Waals surface area (Å²) in [7, 11) is 0. The van der Waals surface area contributed by atoms with Gasteiger partial charge in [0.1, 0.15) is 11.6 Å². The molecule has 0 unspecified atom stereocenters. The first-order chi connectivity index (χ1) is 10.2. The van der Waals surface area contributed by atoms with Gasteiger partial charge in [0.15, 0.2) is 0 Å². The number of rotatable bonds is 2. The Labute approximate surface area is 126 Å². The van der Waals surface area contributed by atoms with Crippen LogP contribution >= 0.6 is 11.6 Å². The number of alkyl halides is 1. The maximum Gasteiger partial charge on any atom is 0.147 e. The third-order valence-electron chi connectivity index (χ3n) is 3.38. The molecule has 2 aromatic carbocycles. The zero-order valence-corrected chi connectivity index (χ0v) is 12.0. The van der Waals surface area contributed by atoms with Gasteiger partial charge in [-0.2, -0.15) is 5.26 Å². The Morgan fingerprint density at radius 2 is 2.14 bits per heavy atom. The maximum atomic E-state index is 14.3. The molecule has 3 aromatic rings. The molecule has 0 atom stereocenters. The zero-order valence-electron chi connectivity index (χ0n) is 11.3. The highest BCUT2D eigenvalue weighted by molar-refractivity contribution is 6.17. The number of fused-ring (bicyclic) bond motifs is 1. The SMILES string of the molecule is Cc1cccc(F)c1-n1c(CCl)nc2ccc(C#N)cc21. The molecule has 0 bridgehead atoms. The van der Waals surface area contributed by atoms with E-state index in [-0.39, 0.29) is 11.7 Å². The van der Waals surface area contributed by atoms with Crippen LogP contribution in [0.2, 0.25) is 0 Å². The van der Waals surface area contributed by atoms with Crippen molar-refractivity contribution in [2.24, 2.45) is 0 Å². The highest BCUT2D eigenvalue weighted by Crippen LogP contribution is 2.27. The Morgan fingerprint density at radius 3 is 2.81 bits per heavy atom. The van der Waals surface area contributed by atoms with Gasteiger partial charge in [-0.25, -0.2) is 9.37 Å². The quantitative estimate of drug-likeness (QED) is 0.669. The van der Waals surface area contributed by atoms with Gasteiger partial charge >= 0.3 is 0 Å². The second kappa shape index (κ2) is 5.19. The van der Waals surface area contributed by atoms with Gasteiger partial charge in [-0.1, -0.05) is 12.1 Å². The van der Waals surface area contributed by atoms with Gasteiger partial charge in [-0.05, 0) is 36.8 Å². The zero-order chi connectivity index (χ0) is 15.0. The van der Waals surface area contributed by atoms with Crippen molar-refractivity contribution in [1.29, 1.82) is 5.26 Å². The molecule has 5 heteroatoms. The molecule has 0 saturated heterocycles. The number of hydrogen-bond acceptors (Lipinski definition) is 2. The van der Waals surface area contributed by atoms with Crippen molar-refractivity contribution >= 4 is 22.6 Å². The molecule has 0 fully saturated rings. The minimum atomic E-state index is -0.344. The van der Waals surface area contributed by atoms with Crippen LogP contribution in [0.4, 0.5) is 4.39 Å². The summed E-state index contributed by atoms with van der Waals surface area (Å²) in [5.74, 6) is 0.364. The van der Waals surface area contributed by atoms with Crippen LogP contribution in [-0.4, -0.2) is 9.55 Å². The lowest BCUT2D eigenvalue weighted by atomic mass is 10.1. The molecule has 3 rings (SSSR count). The normalized spacial score (nSPS) is 10.8. The number of imidazole rings is 1. The Bertz CT molecular complexity index is 857. The lowest BCUT2D eigenvalue weighted by molar-refractivity contribution is 0.616. The van der Waals surface area contributed by atoms with E-state index in [9.17, 15) is 4.39 Å². The minimum Gasteiger partial charge on any atom is -0.292 e. The summed E-state index contributed by atoms with van der Waals surface area (Å²) in [6, 6.07) is 12.1. The van der Waals surface area contributed by atoms with Crippen LogP contribution in [0.25, 0.3) is 16.7 Å². The second-order valence-corrected chi connectivity index (χ2v) is 4.98. The number of hydrogen-bond donors (Lipinski definition) is 0. The lowest BCUT2D eigenvalue weighted by Gasteiger charge is -2.12. The molecule has 0 aliphatic rings. The van der Waals surface area contributed by atoms with E-state index in [0.717, 1.165) is 5.56 Å². The van der Waals surface area contributed by atoms with Gasteiger partial charge in [-0.15, -0.1) is 11.6 Å². The highest BCUT2D eigenvalue weighted by Gasteiger charge is 2.17. The summed E-state index contributed by atoms with van der Waals surface area (Å²) in [5, 5.41) is 9.05. The molecule has 0 saturated carbocycles. The van der Waals surface area contributed by atoms with Gasteiger partial charge < -0.3 is 0 Å². The smallest absolute Gasteiger partial charge is 0.147 e. The third-order valence-corrected chi connectivity index (χ3v) is 3.62. The van der Waals surface area contributed by atoms with Crippen LogP contribution in [0.5, 0.6) is 0 Å². The highest BCUT2D eigenvalue weighted by atomic mass is 35.5. The molecular weight excluding hydrogens is 289 g/mol. The molecule has 1 aromatic heterocycles. The summed E-state index contributed by atoms with van der Waals surface area (Å²) in [5.41, 5.74) is 3.07. The van der Waals surface area contributed by atoms with E-state index in [1.54, 1.807) is 28.8 Å². The number of halogens is 2. The summed E-state index contributed by atoms with van der Waals surface area (Å²) in [6.45, 7) is 1.83. The third kappa shape index (κ3) is 2.16. The monoisotopic (exact) mass is 299 g/mol. The van der Waals surface area contributed by atoms with Crippen LogP contribution in [0.1, 0.15) is 17.0 Å². The molecule has 0 aliphatic carbocycles. The number of nitriles is 1. The molecule has 3 nitrogen and oxygen atoms in total. The van der Waals surface area contributed by atoms with Gasteiger partial charge in [0.05, 0.1) is 34.2 Å². The first-order valence-corrected chi connectivity index (χ1v) is 6.92. The number of aryl methyl sites for hydroxylation is 1. The van der Waals surface area contributed by atoms with Crippen molar-refractivity contribution in [3.8, 4) is 11.8 Å². The largest absolute Gasteiger partial charge is 0.292 e. The fourth-order valence-corrected chi connectivity index (χ4v) is 2.62. The van der Waals surface area contributed by atoms with Crippen LogP contribution in [0.3, 0.4) is 0 Å². The Morgan fingerprint density at radius 1 is 1.33 bits per heavy atom. The van der Waals surface area contributed by atoms with Crippen LogP contribution in [-0.2, 0) is 5.88 Å². The van der Waals surface area contributed by atoms with E-state index in [1.807, 2.05) is 13.0 Å².